The number of hydrogen-bond donors (Lipinski definition) is 1. The van der Waals surface area contributed by atoms with Gasteiger partial charge in [0, 0.05) is 5.75 Å². The molecular formula is C5H9O2S. The molecule has 0 aromatic carbocycles. The third-order valence-corrected chi connectivity index (χ3v) is 1.58. The maximum atomic E-state index is 9.62. The molecule has 0 aliphatic rings. The van der Waals surface area contributed by atoms with E-state index in [4.69, 9.17) is 5.11 Å². The number of rotatable bonds is 4. The molecule has 0 bridgehead atoms. The molecule has 3 heteroatoms. The van der Waals surface area contributed by atoms with Gasteiger partial charge in [-0.15, -0.1) is 0 Å². The highest BCUT2D eigenvalue weighted by atomic mass is 32.2. The molecule has 0 aliphatic carbocycles. The first-order valence-corrected chi connectivity index (χ1v) is 3.60. The van der Waals surface area contributed by atoms with Gasteiger partial charge in [-0.05, 0) is 5.75 Å². The Morgan fingerprint density at radius 2 is 2.50 bits per heavy atom. The summed E-state index contributed by atoms with van der Waals surface area (Å²) in [5.74, 6) is 1.40. The molecule has 0 saturated heterocycles. The lowest BCUT2D eigenvalue weighted by Gasteiger charge is -1.96. The van der Waals surface area contributed by atoms with Crippen molar-refractivity contribution in [1.29, 1.82) is 0 Å². The summed E-state index contributed by atoms with van der Waals surface area (Å²) in [6, 6.07) is 0. The highest BCUT2D eigenvalue weighted by molar-refractivity contribution is 7.99. The van der Waals surface area contributed by atoms with Crippen LogP contribution in [0, 0.1) is 0 Å². The van der Waals surface area contributed by atoms with E-state index in [0.29, 0.717) is 5.75 Å². The van der Waals surface area contributed by atoms with Crippen molar-refractivity contribution in [3.63, 3.8) is 0 Å². The van der Waals surface area contributed by atoms with Crippen LogP contribution in [-0.4, -0.2) is 29.0 Å². The first-order valence-electron chi connectivity index (χ1n) is 2.44. The van der Waals surface area contributed by atoms with Gasteiger partial charge in [0.25, 0.3) is 0 Å². The predicted octanol–water partition coefficient (Wildman–Crippen LogP) is 0.210. The monoisotopic (exact) mass is 133 g/mol. The SMILES string of the molecule is CCSCC(O)[C]=O. The van der Waals surface area contributed by atoms with Crippen molar-refractivity contribution in [2.24, 2.45) is 0 Å². The molecule has 0 fully saturated rings. The van der Waals surface area contributed by atoms with Crippen molar-refractivity contribution >= 4 is 18.0 Å². The summed E-state index contributed by atoms with van der Waals surface area (Å²) in [6.45, 7) is 1.97. The minimum absolute atomic E-state index is 0.472. The van der Waals surface area contributed by atoms with Crippen molar-refractivity contribution in [3.8, 4) is 0 Å². The van der Waals surface area contributed by atoms with Crippen LogP contribution in [0.2, 0.25) is 0 Å². The number of hydrogen-bond acceptors (Lipinski definition) is 3. The Morgan fingerprint density at radius 1 is 1.88 bits per heavy atom. The molecule has 0 heterocycles. The van der Waals surface area contributed by atoms with Crippen molar-refractivity contribution in [2.45, 2.75) is 13.0 Å². The Labute approximate surface area is 53.3 Å². The smallest absolute Gasteiger partial charge is 0.230 e. The molecule has 8 heavy (non-hydrogen) atoms. The third-order valence-electron chi connectivity index (χ3n) is 0.616. The quantitative estimate of drug-likeness (QED) is 0.595. The van der Waals surface area contributed by atoms with Crippen molar-refractivity contribution in [2.75, 3.05) is 11.5 Å². The first-order chi connectivity index (χ1) is 3.81. The second-order valence-corrected chi connectivity index (χ2v) is 2.61. The van der Waals surface area contributed by atoms with E-state index in [1.54, 1.807) is 0 Å². The average molecular weight is 133 g/mol. The molecule has 1 radical (unpaired) electrons. The van der Waals surface area contributed by atoms with Crippen LogP contribution < -0.4 is 0 Å². The van der Waals surface area contributed by atoms with Crippen molar-refractivity contribution in [1.82, 2.24) is 0 Å². The molecule has 0 spiro atoms. The summed E-state index contributed by atoms with van der Waals surface area (Å²) in [6.07, 6.45) is 0.596. The van der Waals surface area contributed by atoms with Gasteiger partial charge < -0.3 is 5.11 Å². The summed E-state index contributed by atoms with van der Waals surface area (Å²) in [4.78, 5) is 9.62. The van der Waals surface area contributed by atoms with E-state index in [1.165, 1.54) is 18.0 Å². The lowest BCUT2D eigenvalue weighted by Crippen LogP contribution is -2.10. The molecule has 0 aromatic heterocycles. The molecule has 1 N–H and O–H groups in total. The van der Waals surface area contributed by atoms with Gasteiger partial charge in [0.15, 0.2) is 0 Å². The topological polar surface area (TPSA) is 37.3 Å². The van der Waals surface area contributed by atoms with Gasteiger partial charge in [-0.25, -0.2) is 0 Å². The molecule has 1 unspecified atom stereocenters. The molecule has 0 aromatic rings. The van der Waals surface area contributed by atoms with Gasteiger partial charge in [-0.2, -0.15) is 11.8 Å². The van der Waals surface area contributed by atoms with Crippen LogP contribution in [0.15, 0.2) is 0 Å². The van der Waals surface area contributed by atoms with Crippen LogP contribution in [0.3, 0.4) is 0 Å². The van der Waals surface area contributed by atoms with Crippen molar-refractivity contribution < 1.29 is 9.90 Å². The van der Waals surface area contributed by atoms with Gasteiger partial charge in [-0.3, -0.25) is 4.79 Å². The second-order valence-electron chi connectivity index (χ2n) is 1.29. The molecule has 2 nitrogen and oxygen atoms in total. The Hall–Kier alpha value is -0.0200. The molecule has 0 aliphatic heterocycles. The van der Waals surface area contributed by atoms with E-state index in [1.807, 2.05) is 6.92 Å². The summed E-state index contributed by atoms with van der Waals surface area (Å²) in [5, 5.41) is 8.54. The fourth-order valence-electron chi connectivity index (χ4n) is 0.264. The molecule has 1 atom stereocenters. The van der Waals surface area contributed by atoms with Gasteiger partial charge in [-0.1, -0.05) is 6.92 Å². The van der Waals surface area contributed by atoms with E-state index in [2.05, 4.69) is 0 Å². The second kappa shape index (κ2) is 5.12. The standard InChI is InChI=1S/C5H9O2S/c1-2-8-4-5(7)3-6/h5,7H,2,4H2,1H3. The first kappa shape index (κ1) is 7.98. The minimum Gasteiger partial charge on any atom is -0.384 e. The molecule has 0 saturated carbocycles. The summed E-state index contributed by atoms with van der Waals surface area (Å²) >= 11 is 1.53. The Bertz CT molecular complexity index is 65.4. The zero-order valence-corrected chi connectivity index (χ0v) is 5.57. The molecule has 0 amide bonds. The zero-order valence-electron chi connectivity index (χ0n) is 4.76. The summed E-state index contributed by atoms with van der Waals surface area (Å²) < 4.78 is 0. The highest BCUT2D eigenvalue weighted by Crippen LogP contribution is 1.98. The number of aliphatic hydroxyl groups is 1. The van der Waals surface area contributed by atoms with Crippen LogP contribution in [0.25, 0.3) is 0 Å². The van der Waals surface area contributed by atoms with Gasteiger partial charge >= 0.3 is 0 Å². The lowest BCUT2D eigenvalue weighted by atomic mass is 10.5. The number of thioether (sulfide) groups is 1. The maximum Gasteiger partial charge on any atom is 0.230 e. The zero-order chi connectivity index (χ0) is 6.41. The van der Waals surface area contributed by atoms with Crippen LogP contribution in [0.4, 0.5) is 0 Å². The van der Waals surface area contributed by atoms with E-state index in [9.17, 15) is 4.79 Å². The number of carbonyl (C=O) groups excluding carboxylic acids is 1. The van der Waals surface area contributed by atoms with E-state index in [0.717, 1.165) is 5.75 Å². The lowest BCUT2D eigenvalue weighted by molar-refractivity contribution is 0.258. The van der Waals surface area contributed by atoms with Gasteiger partial charge in [0.1, 0.15) is 6.10 Å². The van der Waals surface area contributed by atoms with Crippen LogP contribution >= 0.6 is 11.8 Å². The molecule has 0 rings (SSSR count). The van der Waals surface area contributed by atoms with Gasteiger partial charge in [0.05, 0.1) is 0 Å². The average Bonchev–Trinajstić information content (AvgIpc) is 1.83. The molecular weight excluding hydrogens is 124 g/mol. The Balaban J connectivity index is 2.98. The van der Waals surface area contributed by atoms with Crippen LogP contribution in [-0.2, 0) is 4.79 Å². The summed E-state index contributed by atoms with van der Waals surface area (Å²) in [5.41, 5.74) is 0. The minimum atomic E-state index is -0.889. The normalized spacial score (nSPS) is 13.2. The van der Waals surface area contributed by atoms with Crippen molar-refractivity contribution in [3.05, 3.63) is 0 Å². The predicted molar refractivity (Wildman–Crippen MR) is 34.7 cm³/mol. The third kappa shape index (κ3) is 4.15. The molecule has 47 valence electrons. The largest absolute Gasteiger partial charge is 0.384 e. The Morgan fingerprint density at radius 3 is 2.88 bits per heavy atom. The maximum absolute atomic E-state index is 9.62. The van der Waals surface area contributed by atoms with Gasteiger partial charge in [0.2, 0.25) is 6.29 Å². The fraction of sp³-hybridized carbons (Fsp3) is 0.800. The summed E-state index contributed by atoms with van der Waals surface area (Å²) in [7, 11) is 0. The van der Waals surface area contributed by atoms with Crippen LogP contribution in [0.5, 0.6) is 0 Å². The van der Waals surface area contributed by atoms with E-state index >= 15 is 0 Å². The van der Waals surface area contributed by atoms with E-state index in [-0.39, 0.29) is 0 Å². The van der Waals surface area contributed by atoms with Crippen LogP contribution in [0.1, 0.15) is 6.92 Å². The fourth-order valence-corrected chi connectivity index (χ4v) is 0.791. The highest BCUT2D eigenvalue weighted by Gasteiger charge is 1.99. The van der Waals surface area contributed by atoms with E-state index < -0.39 is 6.10 Å². The number of aliphatic hydroxyl groups excluding tert-OH is 1. The Kier molecular flexibility index (Phi) is 5.11.